The van der Waals surface area contributed by atoms with Crippen LogP contribution >= 0.6 is 0 Å². The van der Waals surface area contributed by atoms with E-state index in [1.807, 2.05) is 0 Å². The minimum Gasteiger partial charge on any atom is -0.458 e. The molecule has 0 aliphatic heterocycles. The van der Waals surface area contributed by atoms with Gasteiger partial charge in [0.05, 0.1) is 0 Å². The van der Waals surface area contributed by atoms with E-state index in [0.29, 0.717) is 17.8 Å². The highest BCUT2D eigenvalue weighted by Crippen LogP contribution is 2.35. The molecule has 1 saturated carbocycles. The van der Waals surface area contributed by atoms with Gasteiger partial charge in [-0.15, -0.1) is 0 Å². The van der Waals surface area contributed by atoms with Crippen molar-refractivity contribution in [3.8, 4) is 0 Å². The number of aliphatic hydroxyl groups is 2. The quantitative estimate of drug-likeness (QED) is 0.566. The third-order valence-corrected chi connectivity index (χ3v) is 3.44. The summed E-state index contributed by atoms with van der Waals surface area (Å²) in [6.45, 7) is 6.35. The summed E-state index contributed by atoms with van der Waals surface area (Å²) in [6, 6.07) is 0. The lowest BCUT2D eigenvalue weighted by molar-refractivity contribution is -0.184. The Bertz CT molecular complexity index is 237. The van der Waals surface area contributed by atoms with E-state index < -0.39 is 12.3 Å². The molecule has 4 nitrogen and oxygen atoms in total. The molecule has 0 heterocycles. The lowest BCUT2D eigenvalue weighted by atomic mass is 9.75. The minimum atomic E-state index is -2.01. The summed E-state index contributed by atoms with van der Waals surface area (Å²) in [5.74, 6) is 0.383. The van der Waals surface area contributed by atoms with Crippen molar-refractivity contribution in [2.45, 2.75) is 52.4 Å². The van der Waals surface area contributed by atoms with Crippen LogP contribution in [-0.2, 0) is 9.53 Å². The van der Waals surface area contributed by atoms with Gasteiger partial charge in [-0.05, 0) is 30.6 Å². The largest absolute Gasteiger partial charge is 0.458 e. The highest BCUT2D eigenvalue weighted by atomic mass is 16.6. The standard InChI is InChI=1S/C12H22O4/c1-7(2)9-5-4-8(3)6-10(9)16-12(15)11(13)14/h7-11,13-14H,4-6H2,1-3H3. The first-order valence-electron chi connectivity index (χ1n) is 5.98. The van der Waals surface area contributed by atoms with Crippen LogP contribution < -0.4 is 0 Å². The van der Waals surface area contributed by atoms with E-state index in [2.05, 4.69) is 20.8 Å². The topological polar surface area (TPSA) is 66.8 Å². The Kier molecular flexibility index (Phi) is 4.74. The van der Waals surface area contributed by atoms with Crippen molar-refractivity contribution in [2.75, 3.05) is 0 Å². The number of hydrogen-bond acceptors (Lipinski definition) is 4. The van der Waals surface area contributed by atoms with Crippen molar-refractivity contribution in [3.05, 3.63) is 0 Å². The number of rotatable bonds is 3. The number of esters is 1. The lowest BCUT2D eigenvalue weighted by Crippen LogP contribution is -2.38. The van der Waals surface area contributed by atoms with Crippen molar-refractivity contribution in [1.82, 2.24) is 0 Å². The lowest BCUT2D eigenvalue weighted by Gasteiger charge is -2.36. The maximum atomic E-state index is 11.2. The Balaban J connectivity index is 2.61. The first kappa shape index (κ1) is 13.5. The van der Waals surface area contributed by atoms with E-state index in [1.165, 1.54) is 0 Å². The van der Waals surface area contributed by atoms with Crippen molar-refractivity contribution >= 4 is 5.97 Å². The Labute approximate surface area is 96.6 Å². The first-order chi connectivity index (χ1) is 7.41. The zero-order chi connectivity index (χ0) is 12.3. The van der Waals surface area contributed by atoms with Gasteiger partial charge in [0.2, 0.25) is 0 Å². The van der Waals surface area contributed by atoms with Crippen LogP contribution in [0, 0.1) is 17.8 Å². The second-order valence-electron chi connectivity index (χ2n) is 5.18. The van der Waals surface area contributed by atoms with Gasteiger partial charge in [0, 0.05) is 0 Å². The summed E-state index contributed by atoms with van der Waals surface area (Å²) < 4.78 is 5.16. The average molecular weight is 230 g/mol. The first-order valence-corrected chi connectivity index (χ1v) is 5.98. The summed E-state index contributed by atoms with van der Waals surface area (Å²) >= 11 is 0. The Morgan fingerprint density at radius 2 is 1.94 bits per heavy atom. The smallest absolute Gasteiger partial charge is 0.363 e. The zero-order valence-electron chi connectivity index (χ0n) is 10.2. The van der Waals surface area contributed by atoms with Gasteiger partial charge >= 0.3 is 5.97 Å². The molecular weight excluding hydrogens is 208 g/mol. The fourth-order valence-electron chi connectivity index (χ4n) is 2.46. The van der Waals surface area contributed by atoms with Gasteiger partial charge in [-0.1, -0.05) is 27.2 Å². The van der Waals surface area contributed by atoms with Gasteiger partial charge in [0.25, 0.3) is 6.29 Å². The number of aliphatic hydroxyl groups excluding tert-OH is 1. The molecule has 0 aromatic heterocycles. The van der Waals surface area contributed by atoms with E-state index >= 15 is 0 Å². The SMILES string of the molecule is CC1CCC(C(C)C)C(OC(=O)C(O)O)C1. The van der Waals surface area contributed by atoms with Crippen molar-refractivity contribution < 1.29 is 19.7 Å². The molecule has 16 heavy (non-hydrogen) atoms. The Morgan fingerprint density at radius 3 is 2.44 bits per heavy atom. The van der Waals surface area contributed by atoms with E-state index in [1.54, 1.807) is 0 Å². The van der Waals surface area contributed by atoms with Gasteiger partial charge in [-0.3, -0.25) is 0 Å². The molecule has 3 atom stereocenters. The van der Waals surface area contributed by atoms with E-state index in [9.17, 15) is 4.79 Å². The number of ether oxygens (including phenoxy) is 1. The molecule has 1 rings (SSSR count). The van der Waals surface area contributed by atoms with Gasteiger partial charge in [-0.2, -0.15) is 0 Å². The van der Waals surface area contributed by atoms with Gasteiger partial charge in [-0.25, -0.2) is 4.79 Å². The predicted molar refractivity (Wildman–Crippen MR) is 59.4 cm³/mol. The summed E-state index contributed by atoms with van der Waals surface area (Å²) in [5, 5.41) is 17.4. The van der Waals surface area contributed by atoms with Crippen LogP contribution in [0.5, 0.6) is 0 Å². The third kappa shape index (κ3) is 3.46. The number of carbonyl (C=O) groups is 1. The molecule has 1 aliphatic rings. The van der Waals surface area contributed by atoms with Crippen LogP contribution in [0.25, 0.3) is 0 Å². The van der Waals surface area contributed by atoms with Crippen LogP contribution in [0.15, 0.2) is 0 Å². The van der Waals surface area contributed by atoms with Crippen LogP contribution in [-0.4, -0.2) is 28.6 Å². The molecule has 3 unspecified atom stereocenters. The molecule has 0 saturated heterocycles. The minimum absolute atomic E-state index is 0.168. The molecule has 4 heteroatoms. The molecule has 0 amide bonds. The molecule has 1 fully saturated rings. The van der Waals surface area contributed by atoms with Crippen molar-refractivity contribution in [3.63, 3.8) is 0 Å². The summed E-state index contributed by atoms with van der Waals surface area (Å²) in [5.41, 5.74) is 0. The fraction of sp³-hybridized carbons (Fsp3) is 0.917. The van der Waals surface area contributed by atoms with Crippen LogP contribution in [0.1, 0.15) is 40.0 Å². The molecule has 1 aliphatic carbocycles. The molecule has 0 aromatic carbocycles. The maximum Gasteiger partial charge on any atom is 0.363 e. The van der Waals surface area contributed by atoms with Crippen LogP contribution in [0.4, 0.5) is 0 Å². The summed E-state index contributed by atoms with van der Waals surface area (Å²) in [4.78, 5) is 11.2. The monoisotopic (exact) mass is 230 g/mol. The molecular formula is C12H22O4. The predicted octanol–water partition coefficient (Wildman–Crippen LogP) is 1.30. The molecule has 94 valence electrons. The van der Waals surface area contributed by atoms with Gasteiger partial charge in [0.1, 0.15) is 6.10 Å². The van der Waals surface area contributed by atoms with Crippen molar-refractivity contribution in [1.29, 1.82) is 0 Å². The molecule has 0 spiro atoms. The zero-order valence-corrected chi connectivity index (χ0v) is 10.2. The second kappa shape index (κ2) is 5.64. The summed E-state index contributed by atoms with van der Waals surface area (Å²) in [7, 11) is 0. The average Bonchev–Trinajstić information content (AvgIpc) is 2.16. The Morgan fingerprint density at radius 1 is 1.31 bits per heavy atom. The summed E-state index contributed by atoms with van der Waals surface area (Å²) in [6.07, 6.45) is 0.834. The Hall–Kier alpha value is -0.610. The van der Waals surface area contributed by atoms with Gasteiger partial charge in [0.15, 0.2) is 0 Å². The fourth-order valence-corrected chi connectivity index (χ4v) is 2.46. The molecule has 2 N–H and O–H groups in total. The molecule has 0 aromatic rings. The third-order valence-electron chi connectivity index (χ3n) is 3.44. The van der Waals surface area contributed by atoms with E-state index in [-0.39, 0.29) is 6.10 Å². The molecule has 0 radical (unpaired) electrons. The second-order valence-corrected chi connectivity index (χ2v) is 5.18. The van der Waals surface area contributed by atoms with Crippen LogP contribution in [0.2, 0.25) is 0 Å². The normalized spacial score (nSPS) is 30.8. The van der Waals surface area contributed by atoms with Crippen molar-refractivity contribution in [2.24, 2.45) is 17.8 Å². The van der Waals surface area contributed by atoms with Gasteiger partial charge < -0.3 is 14.9 Å². The maximum absolute atomic E-state index is 11.2. The number of hydrogen-bond donors (Lipinski definition) is 2. The van der Waals surface area contributed by atoms with E-state index in [0.717, 1.165) is 19.3 Å². The highest BCUT2D eigenvalue weighted by molar-refractivity contribution is 5.72. The van der Waals surface area contributed by atoms with Crippen LogP contribution in [0.3, 0.4) is 0 Å². The molecule has 0 bridgehead atoms. The number of carbonyl (C=O) groups excluding carboxylic acids is 1. The highest BCUT2D eigenvalue weighted by Gasteiger charge is 2.34. The van der Waals surface area contributed by atoms with E-state index in [4.69, 9.17) is 14.9 Å².